The Labute approximate surface area is 187 Å². The van der Waals surface area contributed by atoms with Crippen LogP contribution in [0.15, 0.2) is 18.2 Å². The number of hydrogen-bond donors (Lipinski definition) is 4. The van der Waals surface area contributed by atoms with Crippen LogP contribution in [-0.4, -0.2) is 50.4 Å². The lowest BCUT2D eigenvalue weighted by Crippen LogP contribution is -2.50. The fourth-order valence-corrected chi connectivity index (χ4v) is 3.86. The highest BCUT2D eigenvalue weighted by Gasteiger charge is 2.44. The molecule has 32 heavy (non-hydrogen) atoms. The number of β-amino-alcohol motifs (C(OH)–C–C–N with tert-alkyl or cyclic N) is 1. The fraction of sp³-hybridized carbons (Fsp3) is 0.609. The molecule has 1 heterocycles. The van der Waals surface area contributed by atoms with Crippen LogP contribution in [0.25, 0.3) is 0 Å². The molecule has 176 valence electrons. The van der Waals surface area contributed by atoms with Crippen LogP contribution in [0.2, 0.25) is 0 Å². The van der Waals surface area contributed by atoms with Crippen LogP contribution in [0.3, 0.4) is 0 Å². The summed E-state index contributed by atoms with van der Waals surface area (Å²) in [5.41, 5.74) is 0.293. The predicted molar refractivity (Wildman–Crippen MR) is 117 cm³/mol. The average Bonchev–Trinajstić information content (AvgIpc) is 3.28. The zero-order valence-electron chi connectivity index (χ0n) is 19.1. The molecule has 9 heteroatoms. The van der Waals surface area contributed by atoms with E-state index in [1.165, 1.54) is 19.1 Å². The standard InChI is InChI=1S/C23H33F2N5O2/c1-14(31)27-18(9-15-7-16(24)10-17(25)8-15)19(32)13-26-23(5-6-23)12-21-28-20(29-30-21)11-22(2,3)4/h7-8,10,18-19,26,32H,5-6,9,11-13H2,1-4H3,(H,27,31)(H,28,29,30). The number of aliphatic hydroxyl groups excluding tert-OH is 1. The number of aromatic nitrogens is 3. The molecule has 7 nitrogen and oxygen atoms in total. The summed E-state index contributed by atoms with van der Waals surface area (Å²) in [6, 6.07) is 2.53. The molecule has 0 saturated heterocycles. The van der Waals surface area contributed by atoms with E-state index in [0.29, 0.717) is 12.0 Å². The van der Waals surface area contributed by atoms with E-state index in [9.17, 15) is 18.7 Å². The first-order valence-corrected chi connectivity index (χ1v) is 11.0. The summed E-state index contributed by atoms with van der Waals surface area (Å²) in [4.78, 5) is 16.2. The van der Waals surface area contributed by atoms with Crippen molar-refractivity contribution in [1.29, 1.82) is 0 Å². The van der Waals surface area contributed by atoms with Gasteiger partial charge in [0.05, 0.1) is 12.1 Å². The molecule has 2 atom stereocenters. The van der Waals surface area contributed by atoms with Crippen molar-refractivity contribution in [2.75, 3.05) is 6.54 Å². The van der Waals surface area contributed by atoms with E-state index in [0.717, 1.165) is 37.0 Å². The number of nitrogens with zero attached hydrogens (tertiary/aromatic N) is 2. The van der Waals surface area contributed by atoms with E-state index in [-0.39, 0.29) is 29.8 Å². The number of hydrogen-bond acceptors (Lipinski definition) is 5. The third-order valence-electron chi connectivity index (χ3n) is 5.54. The smallest absolute Gasteiger partial charge is 0.217 e. The average molecular weight is 450 g/mol. The molecular formula is C23H33F2N5O2. The summed E-state index contributed by atoms with van der Waals surface area (Å²) in [5.74, 6) is -0.111. The largest absolute Gasteiger partial charge is 0.390 e. The van der Waals surface area contributed by atoms with E-state index in [1.54, 1.807) is 0 Å². The lowest BCUT2D eigenvalue weighted by molar-refractivity contribution is -0.120. The molecule has 0 aliphatic heterocycles. The molecule has 3 rings (SSSR count). The van der Waals surface area contributed by atoms with Gasteiger partial charge in [-0.05, 0) is 42.4 Å². The molecule has 1 aromatic heterocycles. The zero-order valence-corrected chi connectivity index (χ0v) is 19.1. The van der Waals surface area contributed by atoms with E-state index in [1.807, 2.05) is 0 Å². The second-order valence-electron chi connectivity index (χ2n) is 10.1. The van der Waals surface area contributed by atoms with Gasteiger partial charge in [-0.3, -0.25) is 9.89 Å². The van der Waals surface area contributed by atoms with Gasteiger partial charge >= 0.3 is 0 Å². The molecule has 4 N–H and O–H groups in total. The number of carbonyl (C=O) groups excluding carboxylic acids is 1. The summed E-state index contributed by atoms with van der Waals surface area (Å²) in [6.07, 6.45) is 2.48. The van der Waals surface area contributed by atoms with E-state index >= 15 is 0 Å². The molecule has 1 saturated carbocycles. The molecule has 2 aromatic rings. The van der Waals surface area contributed by atoms with Crippen LogP contribution in [0.4, 0.5) is 8.78 Å². The molecule has 1 amide bonds. The van der Waals surface area contributed by atoms with Crippen molar-refractivity contribution < 1.29 is 18.7 Å². The Morgan fingerprint density at radius 1 is 1.25 bits per heavy atom. The van der Waals surface area contributed by atoms with Gasteiger partial charge < -0.3 is 15.7 Å². The van der Waals surface area contributed by atoms with Gasteiger partial charge in [0.15, 0.2) is 5.82 Å². The number of aliphatic hydroxyl groups is 1. The lowest BCUT2D eigenvalue weighted by Gasteiger charge is -2.26. The van der Waals surface area contributed by atoms with Crippen molar-refractivity contribution in [2.24, 2.45) is 5.41 Å². The number of benzene rings is 1. The Kier molecular flexibility index (Phi) is 7.29. The van der Waals surface area contributed by atoms with Gasteiger partial charge in [0, 0.05) is 37.9 Å². The maximum absolute atomic E-state index is 13.5. The van der Waals surface area contributed by atoms with Crippen molar-refractivity contribution in [2.45, 2.75) is 77.5 Å². The molecule has 1 fully saturated rings. The molecule has 0 radical (unpaired) electrons. The fourth-order valence-electron chi connectivity index (χ4n) is 3.86. The minimum Gasteiger partial charge on any atom is -0.390 e. The summed E-state index contributed by atoms with van der Waals surface area (Å²) in [5, 5.41) is 24.2. The molecular weight excluding hydrogens is 416 g/mol. The number of carbonyl (C=O) groups is 1. The number of halogens is 2. The number of aromatic amines is 1. The summed E-state index contributed by atoms with van der Waals surface area (Å²) < 4.78 is 27.1. The number of nitrogens with one attached hydrogen (secondary N) is 3. The first kappa shape index (κ1) is 24.3. The monoisotopic (exact) mass is 449 g/mol. The molecule has 0 spiro atoms. The predicted octanol–water partition coefficient (Wildman–Crippen LogP) is 2.44. The molecule has 1 aliphatic carbocycles. The highest BCUT2D eigenvalue weighted by atomic mass is 19.1. The van der Waals surface area contributed by atoms with Gasteiger partial charge in [0.25, 0.3) is 0 Å². The van der Waals surface area contributed by atoms with Gasteiger partial charge in [-0.2, -0.15) is 5.10 Å². The van der Waals surface area contributed by atoms with Crippen LogP contribution < -0.4 is 10.6 Å². The van der Waals surface area contributed by atoms with Crippen LogP contribution in [0.1, 0.15) is 57.7 Å². The summed E-state index contributed by atoms with van der Waals surface area (Å²) >= 11 is 0. The van der Waals surface area contributed by atoms with Crippen LogP contribution >= 0.6 is 0 Å². The molecule has 2 unspecified atom stereocenters. The minimum absolute atomic E-state index is 0.111. The van der Waals surface area contributed by atoms with Crippen molar-refractivity contribution >= 4 is 5.91 Å². The lowest BCUT2D eigenvalue weighted by atomic mass is 9.92. The first-order chi connectivity index (χ1) is 14.9. The minimum atomic E-state index is -0.939. The van der Waals surface area contributed by atoms with Crippen molar-refractivity contribution in [3.63, 3.8) is 0 Å². The van der Waals surface area contributed by atoms with Crippen molar-refractivity contribution in [3.8, 4) is 0 Å². The molecule has 1 aliphatic rings. The third kappa shape index (κ3) is 7.34. The Morgan fingerprint density at radius 2 is 1.91 bits per heavy atom. The topological polar surface area (TPSA) is 103 Å². The Hall–Kier alpha value is -2.39. The number of amides is 1. The van der Waals surface area contributed by atoms with Crippen molar-refractivity contribution in [1.82, 2.24) is 25.8 Å². The maximum atomic E-state index is 13.5. The Balaban J connectivity index is 1.59. The zero-order chi connectivity index (χ0) is 23.5. The van der Waals surface area contributed by atoms with Gasteiger partial charge in [-0.25, -0.2) is 13.8 Å². The molecule has 1 aromatic carbocycles. The second kappa shape index (κ2) is 9.62. The van der Waals surface area contributed by atoms with Gasteiger partial charge in [-0.15, -0.1) is 0 Å². The van der Waals surface area contributed by atoms with E-state index in [2.05, 4.69) is 46.6 Å². The summed E-state index contributed by atoms with van der Waals surface area (Å²) in [7, 11) is 0. The number of rotatable bonds is 10. The first-order valence-electron chi connectivity index (χ1n) is 11.0. The third-order valence-corrected chi connectivity index (χ3v) is 5.54. The Bertz CT molecular complexity index is 916. The van der Waals surface area contributed by atoms with Crippen LogP contribution in [-0.2, 0) is 24.1 Å². The quantitative estimate of drug-likeness (QED) is 0.446. The Morgan fingerprint density at radius 3 is 2.47 bits per heavy atom. The van der Waals surface area contributed by atoms with Crippen LogP contribution in [0.5, 0.6) is 0 Å². The van der Waals surface area contributed by atoms with Gasteiger partial charge in [0.2, 0.25) is 5.91 Å². The van der Waals surface area contributed by atoms with E-state index < -0.39 is 23.8 Å². The normalized spacial score (nSPS) is 17.1. The SMILES string of the molecule is CC(=O)NC(Cc1cc(F)cc(F)c1)C(O)CNC1(Cc2n[nH]c(CC(C)(C)C)n2)CC1. The summed E-state index contributed by atoms with van der Waals surface area (Å²) in [6.45, 7) is 8.00. The van der Waals surface area contributed by atoms with Crippen molar-refractivity contribution in [3.05, 3.63) is 47.0 Å². The number of H-pyrrole nitrogens is 1. The maximum Gasteiger partial charge on any atom is 0.217 e. The highest BCUT2D eigenvalue weighted by Crippen LogP contribution is 2.38. The highest BCUT2D eigenvalue weighted by molar-refractivity contribution is 5.73. The second-order valence-corrected chi connectivity index (χ2v) is 10.1. The van der Waals surface area contributed by atoms with Crippen LogP contribution in [0, 0.1) is 17.0 Å². The molecule has 0 bridgehead atoms. The van der Waals surface area contributed by atoms with Gasteiger partial charge in [-0.1, -0.05) is 20.8 Å². The van der Waals surface area contributed by atoms with Gasteiger partial charge in [0.1, 0.15) is 17.5 Å². The van der Waals surface area contributed by atoms with E-state index in [4.69, 9.17) is 0 Å².